The average Bonchev–Trinajstić information content (AvgIpc) is 2.48. The van der Waals surface area contributed by atoms with Gasteiger partial charge in [-0.05, 0) is 31.0 Å². The summed E-state index contributed by atoms with van der Waals surface area (Å²) in [7, 11) is 0. The second-order valence-corrected chi connectivity index (χ2v) is 5.27. The molecule has 0 heterocycles. The normalized spacial score (nSPS) is 15.3. The lowest BCUT2D eigenvalue weighted by Gasteiger charge is -2.22. The molecule has 1 aromatic carbocycles. The molecule has 0 saturated heterocycles. The van der Waals surface area contributed by atoms with Gasteiger partial charge in [-0.15, -0.1) is 0 Å². The smallest absolute Gasteiger partial charge is 0.221 e. The van der Waals surface area contributed by atoms with Gasteiger partial charge in [-0.25, -0.2) is 0 Å². The van der Waals surface area contributed by atoms with Crippen LogP contribution < -0.4 is 10.6 Å². The molecular weight excluding hydrogens is 250 g/mol. The zero-order chi connectivity index (χ0) is 14.2. The molecule has 20 heavy (non-hydrogen) atoms. The monoisotopic (exact) mass is 271 g/mol. The Morgan fingerprint density at radius 1 is 1.30 bits per heavy atom. The van der Waals surface area contributed by atoms with Crippen molar-refractivity contribution >= 4 is 11.6 Å². The maximum atomic E-state index is 11.8. The Kier molecular flexibility index (Phi) is 5.43. The minimum atomic E-state index is 0.112. The zero-order valence-corrected chi connectivity index (χ0v) is 11.7. The Morgan fingerprint density at radius 3 is 2.85 bits per heavy atom. The van der Waals surface area contributed by atoms with Crippen molar-refractivity contribution in [2.45, 2.75) is 44.6 Å². The molecule has 4 nitrogen and oxygen atoms in total. The van der Waals surface area contributed by atoms with E-state index in [4.69, 9.17) is 5.26 Å². The molecule has 2 rings (SSSR count). The molecule has 0 bridgehead atoms. The number of benzene rings is 1. The molecule has 106 valence electrons. The molecule has 0 radical (unpaired) electrons. The highest BCUT2D eigenvalue weighted by molar-refractivity contribution is 5.76. The summed E-state index contributed by atoms with van der Waals surface area (Å²) < 4.78 is 0. The van der Waals surface area contributed by atoms with Crippen molar-refractivity contribution in [3.05, 3.63) is 29.8 Å². The number of carbonyl (C=O) groups is 1. The van der Waals surface area contributed by atoms with Gasteiger partial charge in [0.15, 0.2) is 0 Å². The van der Waals surface area contributed by atoms with Crippen LogP contribution in [0.25, 0.3) is 0 Å². The first-order valence-electron chi connectivity index (χ1n) is 7.31. The molecule has 1 fully saturated rings. The van der Waals surface area contributed by atoms with E-state index in [9.17, 15) is 4.79 Å². The lowest BCUT2D eigenvalue weighted by Crippen LogP contribution is -2.36. The highest BCUT2D eigenvalue weighted by Crippen LogP contribution is 2.17. The van der Waals surface area contributed by atoms with Crippen molar-refractivity contribution in [1.29, 1.82) is 5.26 Å². The second kappa shape index (κ2) is 7.54. The van der Waals surface area contributed by atoms with E-state index in [1.807, 2.05) is 12.1 Å². The van der Waals surface area contributed by atoms with Gasteiger partial charge in [0.2, 0.25) is 5.91 Å². The van der Waals surface area contributed by atoms with E-state index in [1.54, 1.807) is 12.1 Å². The van der Waals surface area contributed by atoms with Crippen molar-refractivity contribution in [1.82, 2.24) is 5.32 Å². The summed E-state index contributed by atoms with van der Waals surface area (Å²) in [5, 5.41) is 15.1. The number of hydrogen-bond donors (Lipinski definition) is 2. The van der Waals surface area contributed by atoms with Gasteiger partial charge in [0.25, 0.3) is 0 Å². The first-order valence-corrected chi connectivity index (χ1v) is 7.31. The third-order valence-electron chi connectivity index (χ3n) is 3.64. The number of rotatable bonds is 5. The van der Waals surface area contributed by atoms with Crippen LogP contribution in [0.3, 0.4) is 0 Å². The van der Waals surface area contributed by atoms with Gasteiger partial charge in [-0.2, -0.15) is 5.26 Å². The average molecular weight is 271 g/mol. The lowest BCUT2D eigenvalue weighted by atomic mass is 9.95. The van der Waals surface area contributed by atoms with Crippen LogP contribution >= 0.6 is 0 Å². The van der Waals surface area contributed by atoms with Gasteiger partial charge >= 0.3 is 0 Å². The predicted molar refractivity (Wildman–Crippen MR) is 79.3 cm³/mol. The summed E-state index contributed by atoms with van der Waals surface area (Å²) in [6.07, 6.45) is 6.44. The molecule has 0 aromatic heterocycles. The van der Waals surface area contributed by atoms with Crippen molar-refractivity contribution in [3.8, 4) is 6.07 Å². The summed E-state index contributed by atoms with van der Waals surface area (Å²) in [6, 6.07) is 9.77. The molecule has 0 aliphatic heterocycles. The molecule has 0 atom stereocenters. The van der Waals surface area contributed by atoms with Crippen molar-refractivity contribution in [2.24, 2.45) is 0 Å². The van der Waals surface area contributed by atoms with Crippen LogP contribution in [-0.4, -0.2) is 18.5 Å². The molecule has 0 unspecified atom stereocenters. The minimum absolute atomic E-state index is 0.112. The molecule has 2 N–H and O–H groups in total. The van der Waals surface area contributed by atoms with Crippen molar-refractivity contribution in [2.75, 3.05) is 11.9 Å². The molecule has 1 saturated carbocycles. The van der Waals surface area contributed by atoms with E-state index in [0.29, 0.717) is 24.6 Å². The van der Waals surface area contributed by atoms with Gasteiger partial charge in [-0.3, -0.25) is 4.79 Å². The Bertz CT molecular complexity index is 487. The van der Waals surface area contributed by atoms with Crippen molar-refractivity contribution < 1.29 is 4.79 Å². The Labute approximate surface area is 120 Å². The van der Waals surface area contributed by atoms with Crippen LogP contribution in [0.1, 0.15) is 44.1 Å². The highest BCUT2D eigenvalue weighted by atomic mass is 16.1. The Morgan fingerprint density at radius 2 is 2.10 bits per heavy atom. The van der Waals surface area contributed by atoms with E-state index in [0.717, 1.165) is 18.5 Å². The maximum Gasteiger partial charge on any atom is 0.221 e. The number of nitriles is 1. The fourth-order valence-corrected chi connectivity index (χ4v) is 2.57. The van der Waals surface area contributed by atoms with E-state index < -0.39 is 0 Å². The van der Waals surface area contributed by atoms with Crippen LogP contribution in [0.4, 0.5) is 5.69 Å². The molecule has 1 aromatic rings. The number of carbonyl (C=O) groups excluding carboxylic acids is 1. The molecule has 1 aliphatic rings. The van der Waals surface area contributed by atoms with Gasteiger partial charge in [0.05, 0.1) is 11.6 Å². The molecule has 0 spiro atoms. The van der Waals surface area contributed by atoms with Gasteiger partial charge < -0.3 is 10.6 Å². The lowest BCUT2D eigenvalue weighted by molar-refractivity contribution is -0.121. The first-order chi connectivity index (χ1) is 9.78. The maximum absolute atomic E-state index is 11.8. The van der Waals surface area contributed by atoms with E-state index in [-0.39, 0.29) is 5.91 Å². The standard InChI is InChI=1S/C16H21N3O/c17-12-13-5-4-8-15(11-13)18-10-9-16(20)19-14-6-2-1-3-7-14/h4-5,8,11,14,18H,1-3,6-7,9-10H2,(H,19,20). The summed E-state index contributed by atoms with van der Waals surface area (Å²) in [5.74, 6) is 0.112. The SMILES string of the molecule is N#Cc1cccc(NCCC(=O)NC2CCCCC2)c1. The van der Waals surface area contributed by atoms with E-state index >= 15 is 0 Å². The van der Waals surface area contributed by atoms with Crippen LogP contribution in [0.5, 0.6) is 0 Å². The fraction of sp³-hybridized carbons (Fsp3) is 0.500. The number of hydrogen-bond acceptors (Lipinski definition) is 3. The van der Waals surface area contributed by atoms with Crippen LogP contribution in [0, 0.1) is 11.3 Å². The zero-order valence-electron chi connectivity index (χ0n) is 11.7. The predicted octanol–water partition coefficient (Wildman–Crippen LogP) is 2.81. The van der Waals surface area contributed by atoms with E-state index in [2.05, 4.69) is 16.7 Å². The topological polar surface area (TPSA) is 64.9 Å². The van der Waals surface area contributed by atoms with Gasteiger partial charge in [0.1, 0.15) is 0 Å². The van der Waals surface area contributed by atoms with Crippen LogP contribution in [-0.2, 0) is 4.79 Å². The van der Waals surface area contributed by atoms with Gasteiger partial charge in [0, 0.05) is 24.7 Å². The quantitative estimate of drug-likeness (QED) is 0.865. The van der Waals surface area contributed by atoms with Gasteiger partial charge in [-0.1, -0.05) is 25.3 Å². The summed E-state index contributed by atoms with van der Waals surface area (Å²) in [4.78, 5) is 11.8. The fourth-order valence-electron chi connectivity index (χ4n) is 2.57. The third-order valence-corrected chi connectivity index (χ3v) is 3.64. The highest BCUT2D eigenvalue weighted by Gasteiger charge is 2.15. The molecule has 4 heteroatoms. The van der Waals surface area contributed by atoms with E-state index in [1.165, 1.54) is 19.3 Å². The number of nitrogens with zero attached hydrogens (tertiary/aromatic N) is 1. The number of nitrogens with one attached hydrogen (secondary N) is 2. The summed E-state index contributed by atoms with van der Waals surface area (Å²) >= 11 is 0. The number of amides is 1. The first kappa shape index (κ1) is 14.4. The molecular formula is C16H21N3O. The van der Waals surface area contributed by atoms with Crippen LogP contribution in [0.2, 0.25) is 0 Å². The second-order valence-electron chi connectivity index (χ2n) is 5.27. The number of anilines is 1. The molecule has 1 aliphatic carbocycles. The summed E-state index contributed by atoms with van der Waals surface area (Å²) in [5.41, 5.74) is 1.51. The Balaban J connectivity index is 1.69. The minimum Gasteiger partial charge on any atom is -0.384 e. The molecule has 1 amide bonds. The third kappa shape index (κ3) is 4.58. The van der Waals surface area contributed by atoms with Crippen molar-refractivity contribution in [3.63, 3.8) is 0 Å². The van der Waals surface area contributed by atoms with Crippen LogP contribution in [0.15, 0.2) is 24.3 Å². The summed E-state index contributed by atoms with van der Waals surface area (Å²) in [6.45, 7) is 0.591. The Hall–Kier alpha value is -2.02. The largest absolute Gasteiger partial charge is 0.384 e.